The number of unbranched alkanes of at least 4 members (excludes halogenated alkanes) is 1. The molecule has 0 fully saturated rings. The van der Waals surface area contributed by atoms with Crippen molar-refractivity contribution >= 4 is 33.2 Å². The highest BCUT2D eigenvalue weighted by atomic mass is 79.9. The summed E-state index contributed by atoms with van der Waals surface area (Å²) in [6, 6.07) is 5.84. The van der Waals surface area contributed by atoms with Gasteiger partial charge in [0.2, 0.25) is 0 Å². The monoisotopic (exact) mass is 291 g/mol. The van der Waals surface area contributed by atoms with Gasteiger partial charge in [0.1, 0.15) is 0 Å². The number of anilines is 1. The molecule has 0 saturated carbocycles. The molecule has 0 aromatic heterocycles. The van der Waals surface area contributed by atoms with E-state index in [1.807, 2.05) is 18.2 Å². The van der Waals surface area contributed by atoms with Crippen molar-refractivity contribution in [3.8, 4) is 0 Å². The van der Waals surface area contributed by atoms with Gasteiger partial charge in [0.15, 0.2) is 0 Å². The fourth-order valence-corrected chi connectivity index (χ4v) is 1.97. The summed E-state index contributed by atoms with van der Waals surface area (Å²) < 4.78 is 5.97. The Bertz CT molecular complexity index is 307. The quantitative estimate of drug-likeness (QED) is 0.802. The van der Waals surface area contributed by atoms with Crippen molar-refractivity contribution in [1.29, 1.82) is 0 Å². The lowest BCUT2D eigenvalue weighted by Gasteiger charge is -2.08. The molecule has 84 valence electrons. The van der Waals surface area contributed by atoms with Crippen molar-refractivity contribution in [2.75, 3.05) is 25.6 Å². The molecule has 2 nitrogen and oxygen atoms in total. The maximum atomic E-state index is 6.05. The van der Waals surface area contributed by atoms with E-state index in [4.69, 9.17) is 16.3 Å². The molecule has 0 amide bonds. The predicted octanol–water partition coefficient (Wildman–Crippen LogP) is 3.94. The summed E-state index contributed by atoms with van der Waals surface area (Å²) in [5.74, 6) is 0. The highest BCUT2D eigenvalue weighted by molar-refractivity contribution is 9.10. The van der Waals surface area contributed by atoms with Crippen LogP contribution >= 0.6 is 27.5 Å². The summed E-state index contributed by atoms with van der Waals surface area (Å²) >= 11 is 9.42. The molecular formula is C11H15BrClNO. The van der Waals surface area contributed by atoms with Gasteiger partial charge in [0, 0.05) is 24.7 Å². The Morgan fingerprint density at radius 1 is 1.40 bits per heavy atom. The third kappa shape index (κ3) is 4.87. The number of halogens is 2. The Morgan fingerprint density at radius 3 is 2.87 bits per heavy atom. The standard InChI is InChI=1S/C11H15BrClNO/c1-15-7-3-2-6-14-11-5-4-9(12)8-10(11)13/h4-5,8,14H,2-3,6-7H2,1H3. The Morgan fingerprint density at radius 2 is 2.20 bits per heavy atom. The third-order valence-electron chi connectivity index (χ3n) is 2.02. The van der Waals surface area contributed by atoms with Crippen molar-refractivity contribution in [2.45, 2.75) is 12.8 Å². The molecule has 0 spiro atoms. The van der Waals surface area contributed by atoms with Gasteiger partial charge in [-0.25, -0.2) is 0 Å². The zero-order valence-electron chi connectivity index (χ0n) is 8.72. The molecule has 0 aliphatic carbocycles. The number of rotatable bonds is 6. The minimum atomic E-state index is 0.746. The average molecular weight is 293 g/mol. The molecule has 1 rings (SSSR count). The van der Waals surface area contributed by atoms with Crippen LogP contribution in [-0.2, 0) is 4.74 Å². The fourth-order valence-electron chi connectivity index (χ4n) is 1.23. The number of ether oxygens (including phenoxy) is 1. The second-order valence-electron chi connectivity index (χ2n) is 3.25. The Hall–Kier alpha value is -0.250. The molecule has 0 radical (unpaired) electrons. The second kappa shape index (κ2) is 7.09. The molecular weight excluding hydrogens is 277 g/mol. The first-order chi connectivity index (χ1) is 7.24. The highest BCUT2D eigenvalue weighted by Crippen LogP contribution is 2.25. The molecule has 1 N–H and O–H groups in total. The van der Waals surface area contributed by atoms with E-state index < -0.39 is 0 Å². The topological polar surface area (TPSA) is 21.3 Å². The first-order valence-electron chi connectivity index (χ1n) is 4.92. The molecule has 0 saturated heterocycles. The van der Waals surface area contributed by atoms with Gasteiger partial charge < -0.3 is 10.1 Å². The van der Waals surface area contributed by atoms with Crippen LogP contribution in [0.2, 0.25) is 5.02 Å². The smallest absolute Gasteiger partial charge is 0.0648 e. The molecule has 0 unspecified atom stereocenters. The van der Waals surface area contributed by atoms with Gasteiger partial charge in [-0.2, -0.15) is 0 Å². The van der Waals surface area contributed by atoms with E-state index >= 15 is 0 Å². The lowest BCUT2D eigenvalue weighted by Crippen LogP contribution is -2.03. The molecule has 0 atom stereocenters. The molecule has 15 heavy (non-hydrogen) atoms. The van der Waals surface area contributed by atoms with Crippen LogP contribution in [0.4, 0.5) is 5.69 Å². The van der Waals surface area contributed by atoms with Crippen molar-refractivity contribution < 1.29 is 4.74 Å². The van der Waals surface area contributed by atoms with E-state index in [1.54, 1.807) is 7.11 Å². The summed E-state index contributed by atoms with van der Waals surface area (Å²) in [6.07, 6.45) is 2.15. The number of methoxy groups -OCH3 is 1. The normalized spacial score (nSPS) is 10.3. The lowest BCUT2D eigenvalue weighted by atomic mass is 10.3. The van der Waals surface area contributed by atoms with Crippen molar-refractivity contribution in [3.05, 3.63) is 27.7 Å². The minimum Gasteiger partial charge on any atom is -0.385 e. The largest absolute Gasteiger partial charge is 0.385 e. The van der Waals surface area contributed by atoms with Crippen LogP contribution in [0.5, 0.6) is 0 Å². The van der Waals surface area contributed by atoms with E-state index in [9.17, 15) is 0 Å². The van der Waals surface area contributed by atoms with Gasteiger partial charge in [-0.15, -0.1) is 0 Å². The summed E-state index contributed by atoms with van der Waals surface area (Å²) in [6.45, 7) is 1.74. The first kappa shape index (κ1) is 12.8. The molecule has 1 aromatic rings. The zero-order valence-corrected chi connectivity index (χ0v) is 11.1. The van der Waals surface area contributed by atoms with Gasteiger partial charge >= 0.3 is 0 Å². The zero-order chi connectivity index (χ0) is 11.1. The third-order valence-corrected chi connectivity index (χ3v) is 2.83. The summed E-state index contributed by atoms with van der Waals surface area (Å²) in [4.78, 5) is 0. The van der Waals surface area contributed by atoms with Crippen LogP contribution in [-0.4, -0.2) is 20.3 Å². The van der Waals surface area contributed by atoms with Gasteiger partial charge in [-0.1, -0.05) is 27.5 Å². The van der Waals surface area contributed by atoms with E-state index in [0.717, 1.165) is 41.2 Å². The average Bonchev–Trinajstić information content (AvgIpc) is 2.20. The van der Waals surface area contributed by atoms with Crippen LogP contribution in [0.15, 0.2) is 22.7 Å². The Labute approximate surface area is 104 Å². The Kier molecular flexibility index (Phi) is 6.06. The van der Waals surface area contributed by atoms with E-state index in [1.165, 1.54) is 0 Å². The van der Waals surface area contributed by atoms with Crippen LogP contribution in [0.1, 0.15) is 12.8 Å². The van der Waals surface area contributed by atoms with Crippen molar-refractivity contribution in [3.63, 3.8) is 0 Å². The first-order valence-corrected chi connectivity index (χ1v) is 6.09. The summed E-state index contributed by atoms with van der Waals surface area (Å²) in [5.41, 5.74) is 0.984. The lowest BCUT2D eigenvalue weighted by molar-refractivity contribution is 0.194. The summed E-state index contributed by atoms with van der Waals surface area (Å²) in [7, 11) is 1.72. The van der Waals surface area contributed by atoms with E-state index in [-0.39, 0.29) is 0 Å². The Balaban J connectivity index is 2.31. The van der Waals surface area contributed by atoms with Crippen LogP contribution in [0, 0.1) is 0 Å². The maximum absolute atomic E-state index is 6.05. The SMILES string of the molecule is COCCCCNc1ccc(Br)cc1Cl. The molecule has 0 heterocycles. The molecule has 4 heteroatoms. The second-order valence-corrected chi connectivity index (χ2v) is 4.57. The van der Waals surface area contributed by atoms with Crippen LogP contribution in [0.3, 0.4) is 0 Å². The van der Waals surface area contributed by atoms with Gasteiger partial charge in [-0.3, -0.25) is 0 Å². The van der Waals surface area contributed by atoms with Crippen LogP contribution in [0.25, 0.3) is 0 Å². The number of nitrogens with one attached hydrogen (secondary N) is 1. The van der Waals surface area contributed by atoms with Gasteiger partial charge in [0.25, 0.3) is 0 Å². The molecule has 0 aliphatic rings. The molecule has 0 bridgehead atoms. The van der Waals surface area contributed by atoms with Gasteiger partial charge in [-0.05, 0) is 31.0 Å². The minimum absolute atomic E-state index is 0.746. The van der Waals surface area contributed by atoms with E-state index in [0.29, 0.717) is 0 Å². The summed E-state index contributed by atoms with van der Waals surface area (Å²) in [5, 5.41) is 4.04. The molecule has 0 aliphatic heterocycles. The molecule has 1 aromatic carbocycles. The van der Waals surface area contributed by atoms with Crippen molar-refractivity contribution in [1.82, 2.24) is 0 Å². The predicted molar refractivity (Wildman–Crippen MR) is 68.8 cm³/mol. The van der Waals surface area contributed by atoms with Crippen LogP contribution < -0.4 is 5.32 Å². The fraction of sp³-hybridized carbons (Fsp3) is 0.455. The number of hydrogen-bond acceptors (Lipinski definition) is 2. The van der Waals surface area contributed by atoms with E-state index in [2.05, 4.69) is 21.2 Å². The van der Waals surface area contributed by atoms with Crippen molar-refractivity contribution in [2.24, 2.45) is 0 Å². The van der Waals surface area contributed by atoms with Gasteiger partial charge in [0.05, 0.1) is 10.7 Å². The number of hydrogen-bond donors (Lipinski definition) is 1. The highest BCUT2D eigenvalue weighted by Gasteiger charge is 1.99. The number of benzene rings is 1. The maximum Gasteiger partial charge on any atom is 0.0648 e.